The summed E-state index contributed by atoms with van der Waals surface area (Å²) in [5, 5.41) is 9.23. The van der Waals surface area contributed by atoms with Gasteiger partial charge in [-0.2, -0.15) is 0 Å². The van der Waals surface area contributed by atoms with E-state index >= 15 is 0 Å². The summed E-state index contributed by atoms with van der Waals surface area (Å²) >= 11 is 0. The third-order valence-electron chi connectivity index (χ3n) is 2.60. The van der Waals surface area contributed by atoms with Crippen molar-refractivity contribution < 1.29 is 19.0 Å². The van der Waals surface area contributed by atoms with Crippen LogP contribution < -0.4 is 4.74 Å². The van der Waals surface area contributed by atoms with Crippen LogP contribution in [0.1, 0.15) is 10.4 Å². The highest BCUT2D eigenvalue weighted by molar-refractivity contribution is 5.99. The topological polar surface area (TPSA) is 46.5 Å². The van der Waals surface area contributed by atoms with Gasteiger partial charge in [-0.3, -0.25) is 0 Å². The van der Waals surface area contributed by atoms with Crippen LogP contribution in [0.3, 0.4) is 0 Å². The Bertz CT molecular complexity index is 593. The number of rotatable bonds is 3. The molecule has 0 aliphatic rings. The lowest BCUT2D eigenvalue weighted by molar-refractivity contribution is 0.0694. The minimum Gasteiger partial charge on any atom is -0.496 e. The summed E-state index contributed by atoms with van der Waals surface area (Å²) in [4.78, 5) is 11.3. The normalized spacial score (nSPS) is 10.1. The van der Waals surface area contributed by atoms with Crippen molar-refractivity contribution >= 4 is 5.97 Å². The van der Waals surface area contributed by atoms with Crippen LogP contribution in [0.15, 0.2) is 42.5 Å². The van der Waals surface area contributed by atoms with E-state index in [0.717, 1.165) is 0 Å². The van der Waals surface area contributed by atoms with Crippen molar-refractivity contribution in [3.05, 3.63) is 53.8 Å². The monoisotopic (exact) mass is 246 g/mol. The van der Waals surface area contributed by atoms with Crippen molar-refractivity contribution in [3.8, 4) is 16.9 Å². The van der Waals surface area contributed by atoms with Crippen LogP contribution in [0, 0.1) is 5.82 Å². The molecule has 2 aromatic carbocycles. The van der Waals surface area contributed by atoms with Gasteiger partial charge in [0.15, 0.2) is 0 Å². The Kier molecular flexibility index (Phi) is 3.28. The van der Waals surface area contributed by atoms with Crippen molar-refractivity contribution in [2.75, 3.05) is 7.11 Å². The van der Waals surface area contributed by atoms with E-state index in [2.05, 4.69) is 0 Å². The van der Waals surface area contributed by atoms with Gasteiger partial charge in [-0.1, -0.05) is 24.3 Å². The Morgan fingerprint density at radius 2 is 1.94 bits per heavy atom. The number of carbonyl (C=O) groups is 1. The Balaban J connectivity index is 2.67. The molecule has 0 fully saturated rings. The first kappa shape index (κ1) is 12.1. The average molecular weight is 246 g/mol. The summed E-state index contributed by atoms with van der Waals surface area (Å²) in [5.41, 5.74) is 0.971. The summed E-state index contributed by atoms with van der Waals surface area (Å²) < 4.78 is 18.2. The molecule has 3 nitrogen and oxygen atoms in total. The largest absolute Gasteiger partial charge is 0.496 e. The molecule has 0 amide bonds. The zero-order chi connectivity index (χ0) is 13.1. The molecule has 0 bridgehead atoms. The number of aromatic carboxylic acids is 1. The first-order chi connectivity index (χ1) is 8.63. The van der Waals surface area contributed by atoms with Crippen molar-refractivity contribution in [1.82, 2.24) is 0 Å². The van der Waals surface area contributed by atoms with Crippen molar-refractivity contribution in [1.29, 1.82) is 0 Å². The van der Waals surface area contributed by atoms with Gasteiger partial charge >= 0.3 is 5.97 Å². The molecule has 0 atom stereocenters. The molecular formula is C14H11FO3. The third-order valence-corrected chi connectivity index (χ3v) is 2.60. The van der Waals surface area contributed by atoms with Crippen molar-refractivity contribution in [3.63, 3.8) is 0 Å². The lowest BCUT2D eigenvalue weighted by atomic mass is 9.99. The minimum absolute atomic E-state index is 0.0330. The predicted molar refractivity (Wildman–Crippen MR) is 65.3 cm³/mol. The quantitative estimate of drug-likeness (QED) is 0.904. The number of hydrogen-bond acceptors (Lipinski definition) is 2. The second kappa shape index (κ2) is 4.87. The first-order valence-corrected chi connectivity index (χ1v) is 5.29. The van der Waals surface area contributed by atoms with Crippen LogP contribution in [-0.4, -0.2) is 18.2 Å². The first-order valence-electron chi connectivity index (χ1n) is 5.29. The maximum absolute atomic E-state index is 13.2. The number of carboxylic acids is 1. The van der Waals surface area contributed by atoms with Crippen LogP contribution in [0.25, 0.3) is 11.1 Å². The van der Waals surface area contributed by atoms with Crippen LogP contribution >= 0.6 is 0 Å². The Hall–Kier alpha value is -2.36. The molecule has 0 saturated heterocycles. The summed E-state index contributed by atoms with van der Waals surface area (Å²) in [6, 6.07) is 10.7. The fourth-order valence-electron chi connectivity index (χ4n) is 1.82. The third kappa shape index (κ3) is 2.18. The van der Waals surface area contributed by atoms with E-state index in [9.17, 15) is 14.3 Å². The van der Waals surface area contributed by atoms with E-state index in [4.69, 9.17) is 4.74 Å². The van der Waals surface area contributed by atoms with E-state index in [-0.39, 0.29) is 11.3 Å². The minimum atomic E-state index is -1.10. The van der Waals surface area contributed by atoms with Gasteiger partial charge in [-0.05, 0) is 23.8 Å². The Morgan fingerprint density at radius 3 is 2.56 bits per heavy atom. The number of benzene rings is 2. The molecule has 0 aromatic heterocycles. The van der Waals surface area contributed by atoms with Crippen LogP contribution in [0.5, 0.6) is 5.75 Å². The number of hydrogen-bond donors (Lipinski definition) is 1. The van der Waals surface area contributed by atoms with Gasteiger partial charge in [-0.15, -0.1) is 0 Å². The molecule has 2 rings (SSSR count). The number of carboxylic acid groups (broad SMARTS) is 1. The molecule has 1 N–H and O–H groups in total. The van der Waals surface area contributed by atoms with Gasteiger partial charge in [0.1, 0.15) is 17.1 Å². The molecule has 0 unspecified atom stereocenters. The highest BCUT2D eigenvalue weighted by Gasteiger charge is 2.17. The molecule has 92 valence electrons. The van der Waals surface area contributed by atoms with Crippen LogP contribution in [0.4, 0.5) is 4.39 Å². The number of halogens is 1. The van der Waals surface area contributed by atoms with Crippen molar-refractivity contribution in [2.45, 2.75) is 0 Å². The maximum atomic E-state index is 13.2. The standard InChI is InChI=1S/C14H11FO3/c1-18-12-7-3-6-11(13(12)14(16)17)9-4-2-5-10(15)8-9/h2-8H,1H3,(H,16,17). The number of ether oxygens (including phenoxy) is 1. The van der Waals surface area contributed by atoms with Crippen LogP contribution in [-0.2, 0) is 0 Å². The van der Waals surface area contributed by atoms with Gasteiger partial charge in [0.05, 0.1) is 7.11 Å². The molecular weight excluding hydrogens is 235 g/mol. The number of methoxy groups -OCH3 is 1. The summed E-state index contributed by atoms with van der Waals surface area (Å²) in [6.07, 6.45) is 0. The Morgan fingerprint density at radius 1 is 1.22 bits per heavy atom. The fourth-order valence-corrected chi connectivity index (χ4v) is 1.82. The molecule has 0 radical (unpaired) electrons. The summed E-state index contributed by atoms with van der Waals surface area (Å²) in [7, 11) is 1.40. The highest BCUT2D eigenvalue weighted by Crippen LogP contribution is 2.30. The molecule has 0 spiro atoms. The predicted octanol–water partition coefficient (Wildman–Crippen LogP) is 3.20. The summed E-state index contributed by atoms with van der Waals surface area (Å²) in [5.74, 6) is -1.26. The van der Waals surface area contributed by atoms with Gasteiger partial charge < -0.3 is 9.84 Å². The van der Waals surface area contributed by atoms with E-state index in [0.29, 0.717) is 11.1 Å². The van der Waals surface area contributed by atoms with Crippen LogP contribution in [0.2, 0.25) is 0 Å². The van der Waals surface area contributed by atoms with Gasteiger partial charge in [0, 0.05) is 5.56 Å². The van der Waals surface area contributed by atoms with E-state index in [1.54, 1.807) is 24.3 Å². The second-order valence-electron chi connectivity index (χ2n) is 3.70. The highest BCUT2D eigenvalue weighted by atomic mass is 19.1. The van der Waals surface area contributed by atoms with E-state index < -0.39 is 11.8 Å². The van der Waals surface area contributed by atoms with Crippen molar-refractivity contribution in [2.24, 2.45) is 0 Å². The molecule has 0 aliphatic carbocycles. The van der Waals surface area contributed by atoms with Gasteiger partial charge in [0.25, 0.3) is 0 Å². The van der Waals surface area contributed by atoms with E-state index in [1.807, 2.05) is 0 Å². The molecule has 0 heterocycles. The summed E-state index contributed by atoms with van der Waals surface area (Å²) in [6.45, 7) is 0. The molecule has 18 heavy (non-hydrogen) atoms. The van der Waals surface area contributed by atoms with E-state index in [1.165, 1.54) is 25.3 Å². The zero-order valence-corrected chi connectivity index (χ0v) is 9.68. The molecule has 0 aliphatic heterocycles. The second-order valence-corrected chi connectivity index (χ2v) is 3.70. The average Bonchev–Trinajstić information content (AvgIpc) is 2.37. The maximum Gasteiger partial charge on any atom is 0.340 e. The lowest BCUT2D eigenvalue weighted by Crippen LogP contribution is -2.03. The fraction of sp³-hybridized carbons (Fsp3) is 0.0714. The molecule has 4 heteroatoms. The molecule has 2 aromatic rings. The van der Waals surface area contributed by atoms with Gasteiger partial charge in [0.2, 0.25) is 0 Å². The Labute approximate surface area is 103 Å². The smallest absolute Gasteiger partial charge is 0.340 e. The lowest BCUT2D eigenvalue weighted by Gasteiger charge is -2.10. The zero-order valence-electron chi connectivity index (χ0n) is 9.68. The van der Waals surface area contributed by atoms with Gasteiger partial charge in [-0.25, -0.2) is 9.18 Å². The molecule has 0 saturated carbocycles. The SMILES string of the molecule is COc1cccc(-c2cccc(F)c2)c1C(=O)O.